The van der Waals surface area contributed by atoms with Crippen molar-refractivity contribution in [3.05, 3.63) is 50.0 Å². The van der Waals surface area contributed by atoms with Gasteiger partial charge in [-0.15, -0.1) is 0 Å². The Balaban J connectivity index is 2.88. The van der Waals surface area contributed by atoms with Gasteiger partial charge in [-0.25, -0.2) is 26.0 Å². The van der Waals surface area contributed by atoms with Crippen LogP contribution in [0.5, 0.6) is 0 Å². The molecule has 0 saturated heterocycles. The molecule has 1 aromatic heterocycles. The fourth-order valence-electron chi connectivity index (χ4n) is 2.63. The van der Waals surface area contributed by atoms with Crippen LogP contribution in [0.4, 0.5) is 10.1 Å². The van der Waals surface area contributed by atoms with Crippen LogP contribution in [-0.2, 0) is 27.1 Å². The van der Waals surface area contributed by atoms with Crippen LogP contribution >= 0.6 is 11.6 Å². The van der Waals surface area contributed by atoms with Gasteiger partial charge in [-0.1, -0.05) is 25.4 Å². The summed E-state index contributed by atoms with van der Waals surface area (Å²) in [7, 11) is -7.64. The molecule has 1 heterocycles. The minimum Gasteiger partial charge on any atom is -0.267 e. The Labute approximate surface area is 177 Å². The van der Waals surface area contributed by atoms with Crippen molar-refractivity contribution in [2.75, 3.05) is 15.2 Å². The molecule has 0 amide bonds. The maximum absolute atomic E-state index is 14.6. The summed E-state index contributed by atoms with van der Waals surface area (Å²) in [6.07, 6.45) is 0.996. The molecule has 0 aliphatic carbocycles. The first kappa shape index (κ1) is 24.0. The van der Waals surface area contributed by atoms with Crippen LogP contribution in [0.25, 0.3) is 5.69 Å². The van der Waals surface area contributed by atoms with Gasteiger partial charge in [0.25, 0.3) is 5.56 Å². The standard InChI is InChI=1S/C16H20ClFN4O6S2/c1-4-6-29(25,26)22(30(27,28)7-5-2)13-9-14(12(18)8-11(13)17)21-16(24)20(3)15(23)10-19-21/h8-10H,4-7H2,1-3H3. The highest BCUT2D eigenvalue weighted by Crippen LogP contribution is 2.34. The van der Waals surface area contributed by atoms with Crippen molar-refractivity contribution in [1.82, 2.24) is 14.3 Å². The van der Waals surface area contributed by atoms with Crippen LogP contribution < -0.4 is 15.0 Å². The summed E-state index contributed by atoms with van der Waals surface area (Å²) >= 11 is 6.02. The van der Waals surface area contributed by atoms with E-state index < -0.39 is 65.0 Å². The van der Waals surface area contributed by atoms with E-state index in [4.69, 9.17) is 11.6 Å². The quantitative estimate of drug-likeness (QED) is 0.549. The highest BCUT2D eigenvalue weighted by molar-refractivity contribution is 8.10. The molecule has 0 atom stereocenters. The van der Waals surface area contributed by atoms with Crippen molar-refractivity contribution in [1.29, 1.82) is 0 Å². The minimum atomic E-state index is -4.39. The molecule has 0 radical (unpaired) electrons. The number of hydrogen-bond acceptors (Lipinski definition) is 7. The van der Waals surface area contributed by atoms with Gasteiger partial charge in [0.2, 0.25) is 20.0 Å². The molecule has 0 bridgehead atoms. The molecule has 0 spiro atoms. The van der Waals surface area contributed by atoms with Crippen molar-refractivity contribution >= 4 is 37.3 Å². The van der Waals surface area contributed by atoms with Crippen LogP contribution in [0, 0.1) is 5.82 Å². The molecule has 14 heteroatoms. The van der Waals surface area contributed by atoms with Crippen molar-refractivity contribution in [3.8, 4) is 5.69 Å². The highest BCUT2D eigenvalue weighted by Gasteiger charge is 2.35. The number of hydrogen-bond donors (Lipinski definition) is 0. The number of benzene rings is 1. The first-order chi connectivity index (χ1) is 13.9. The monoisotopic (exact) mass is 482 g/mol. The van der Waals surface area contributed by atoms with Crippen LogP contribution in [0.2, 0.25) is 5.02 Å². The lowest BCUT2D eigenvalue weighted by Gasteiger charge is -2.25. The van der Waals surface area contributed by atoms with Gasteiger partial charge in [0.15, 0.2) is 5.82 Å². The third kappa shape index (κ3) is 4.57. The van der Waals surface area contributed by atoms with Crippen molar-refractivity contribution in [2.24, 2.45) is 7.05 Å². The van der Waals surface area contributed by atoms with Crippen molar-refractivity contribution in [3.63, 3.8) is 0 Å². The fraction of sp³-hybridized carbons (Fsp3) is 0.438. The van der Waals surface area contributed by atoms with Gasteiger partial charge < -0.3 is 0 Å². The molecular weight excluding hydrogens is 463 g/mol. The fourth-order valence-corrected chi connectivity index (χ4v) is 7.06. The van der Waals surface area contributed by atoms with E-state index in [0.29, 0.717) is 15.3 Å². The number of nitrogens with zero attached hydrogens (tertiary/aromatic N) is 4. The van der Waals surface area contributed by atoms with E-state index in [2.05, 4.69) is 5.10 Å². The summed E-state index contributed by atoms with van der Waals surface area (Å²) in [5, 5.41) is 3.08. The average molecular weight is 483 g/mol. The van der Waals surface area contributed by atoms with Gasteiger partial charge >= 0.3 is 5.69 Å². The second kappa shape index (κ2) is 8.86. The molecule has 166 valence electrons. The van der Waals surface area contributed by atoms with Crippen molar-refractivity contribution in [2.45, 2.75) is 26.7 Å². The van der Waals surface area contributed by atoms with Gasteiger partial charge in [0, 0.05) is 7.05 Å². The SMILES string of the molecule is CCCS(=O)(=O)N(c1cc(-n2ncc(=O)n(C)c2=O)c(F)cc1Cl)S(=O)(=O)CCC. The maximum atomic E-state index is 14.6. The first-order valence-corrected chi connectivity index (χ1v) is 12.4. The number of halogens is 2. The van der Waals surface area contributed by atoms with E-state index in [0.717, 1.165) is 19.3 Å². The second-order valence-corrected chi connectivity index (χ2v) is 10.8. The molecule has 0 aliphatic rings. The molecule has 1 aromatic carbocycles. The zero-order valence-electron chi connectivity index (χ0n) is 16.4. The summed E-state index contributed by atoms with van der Waals surface area (Å²) in [4.78, 5) is 23.9. The van der Waals surface area contributed by atoms with Gasteiger partial charge in [-0.3, -0.25) is 9.36 Å². The Morgan fingerprint density at radius 2 is 1.60 bits per heavy atom. The van der Waals surface area contributed by atoms with Crippen LogP contribution in [0.15, 0.2) is 27.9 Å². The molecule has 2 rings (SSSR count). The van der Waals surface area contributed by atoms with E-state index in [1.165, 1.54) is 0 Å². The second-order valence-electron chi connectivity index (χ2n) is 6.32. The Morgan fingerprint density at radius 1 is 1.07 bits per heavy atom. The summed E-state index contributed by atoms with van der Waals surface area (Å²) in [6, 6.07) is 1.48. The lowest BCUT2D eigenvalue weighted by molar-refractivity contribution is 0.579. The smallest absolute Gasteiger partial charge is 0.267 e. The van der Waals surface area contributed by atoms with Crippen LogP contribution in [0.1, 0.15) is 26.7 Å². The lowest BCUT2D eigenvalue weighted by atomic mass is 10.2. The predicted octanol–water partition coefficient (Wildman–Crippen LogP) is 1.01. The van der Waals surface area contributed by atoms with E-state index in [1.54, 1.807) is 13.8 Å². The molecule has 10 nitrogen and oxygen atoms in total. The third-order valence-corrected chi connectivity index (χ3v) is 8.87. The van der Waals surface area contributed by atoms with Crippen molar-refractivity contribution < 1.29 is 21.2 Å². The summed E-state index contributed by atoms with van der Waals surface area (Å²) in [5.41, 5.74) is -2.88. The zero-order chi connectivity index (χ0) is 22.9. The number of sulfonamides is 2. The summed E-state index contributed by atoms with van der Waals surface area (Å²) in [6.45, 7) is 3.10. The summed E-state index contributed by atoms with van der Waals surface area (Å²) < 4.78 is 67.0. The Kier molecular flexibility index (Phi) is 7.09. The zero-order valence-corrected chi connectivity index (χ0v) is 18.8. The lowest BCUT2D eigenvalue weighted by Crippen LogP contribution is -2.41. The van der Waals surface area contributed by atoms with E-state index in [-0.39, 0.29) is 16.6 Å². The number of anilines is 1. The molecule has 30 heavy (non-hydrogen) atoms. The molecule has 0 aliphatic heterocycles. The van der Waals surface area contributed by atoms with E-state index in [9.17, 15) is 30.8 Å². The van der Waals surface area contributed by atoms with Gasteiger partial charge in [0.1, 0.15) is 11.9 Å². The molecule has 0 unspecified atom stereocenters. The molecule has 0 N–H and O–H groups in total. The Bertz CT molecular complexity index is 1250. The predicted molar refractivity (Wildman–Crippen MR) is 111 cm³/mol. The first-order valence-electron chi connectivity index (χ1n) is 8.78. The normalized spacial score (nSPS) is 12.2. The molecule has 0 saturated carbocycles. The van der Waals surface area contributed by atoms with Gasteiger partial charge in [-0.2, -0.15) is 13.5 Å². The number of aromatic nitrogens is 3. The molecule has 0 fully saturated rings. The number of rotatable bonds is 8. The van der Waals surface area contributed by atoms with E-state index in [1.807, 2.05) is 0 Å². The largest absolute Gasteiger partial charge is 0.352 e. The summed E-state index contributed by atoms with van der Waals surface area (Å²) in [5.74, 6) is -2.08. The van der Waals surface area contributed by atoms with Gasteiger partial charge in [-0.05, 0) is 25.0 Å². The molecular formula is C16H20ClFN4O6S2. The third-order valence-electron chi connectivity index (χ3n) is 3.95. The van der Waals surface area contributed by atoms with Gasteiger partial charge in [0.05, 0.1) is 22.2 Å². The van der Waals surface area contributed by atoms with E-state index >= 15 is 0 Å². The Hall–Kier alpha value is -2.25. The Morgan fingerprint density at radius 3 is 2.10 bits per heavy atom. The maximum Gasteiger partial charge on any atom is 0.352 e. The van der Waals surface area contributed by atoms with Crippen LogP contribution in [0.3, 0.4) is 0 Å². The average Bonchev–Trinajstić information content (AvgIpc) is 2.62. The molecule has 2 aromatic rings. The minimum absolute atomic E-state index is 0.119. The topological polar surface area (TPSA) is 128 Å². The highest BCUT2D eigenvalue weighted by atomic mass is 35.5. The van der Waals surface area contributed by atoms with Crippen LogP contribution in [-0.4, -0.2) is 42.7 Å².